The van der Waals surface area contributed by atoms with Crippen molar-refractivity contribution in [3.63, 3.8) is 0 Å². The SMILES string of the molecule is CCOC(CCNC1=NCCCN1)C1CCCC1. The van der Waals surface area contributed by atoms with Crippen LogP contribution in [0.15, 0.2) is 4.99 Å². The zero-order valence-electron chi connectivity index (χ0n) is 11.6. The lowest BCUT2D eigenvalue weighted by molar-refractivity contribution is 0.0169. The molecule has 1 fully saturated rings. The molecular formula is C14H27N3O. The van der Waals surface area contributed by atoms with Crippen molar-refractivity contribution < 1.29 is 4.74 Å². The Morgan fingerprint density at radius 2 is 2.22 bits per heavy atom. The van der Waals surface area contributed by atoms with E-state index in [1.165, 1.54) is 25.7 Å². The second-order valence-corrected chi connectivity index (χ2v) is 5.26. The molecule has 1 unspecified atom stereocenters. The van der Waals surface area contributed by atoms with Gasteiger partial charge in [0.25, 0.3) is 0 Å². The molecule has 2 aliphatic rings. The first-order valence-corrected chi connectivity index (χ1v) is 7.54. The molecule has 4 nitrogen and oxygen atoms in total. The van der Waals surface area contributed by atoms with Crippen molar-refractivity contribution in [2.45, 2.75) is 51.6 Å². The maximum atomic E-state index is 5.92. The van der Waals surface area contributed by atoms with Crippen molar-refractivity contribution in [2.24, 2.45) is 10.9 Å². The second kappa shape index (κ2) is 7.62. The summed E-state index contributed by atoms with van der Waals surface area (Å²) in [5, 5.41) is 6.69. The summed E-state index contributed by atoms with van der Waals surface area (Å²) in [5.41, 5.74) is 0. The Morgan fingerprint density at radius 3 is 2.89 bits per heavy atom. The van der Waals surface area contributed by atoms with E-state index in [9.17, 15) is 0 Å². The fourth-order valence-electron chi connectivity index (χ4n) is 2.98. The highest BCUT2D eigenvalue weighted by Crippen LogP contribution is 2.30. The minimum atomic E-state index is 0.439. The van der Waals surface area contributed by atoms with E-state index in [0.717, 1.165) is 51.0 Å². The Morgan fingerprint density at radius 1 is 1.39 bits per heavy atom. The van der Waals surface area contributed by atoms with Gasteiger partial charge >= 0.3 is 0 Å². The molecule has 0 aromatic heterocycles. The lowest BCUT2D eigenvalue weighted by atomic mass is 9.98. The lowest BCUT2D eigenvalue weighted by Crippen LogP contribution is -2.42. The van der Waals surface area contributed by atoms with Gasteiger partial charge in [0.2, 0.25) is 0 Å². The fourth-order valence-corrected chi connectivity index (χ4v) is 2.98. The maximum absolute atomic E-state index is 5.92. The van der Waals surface area contributed by atoms with Crippen LogP contribution in [0, 0.1) is 5.92 Å². The fraction of sp³-hybridized carbons (Fsp3) is 0.929. The number of nitrogens with one attached hydrogen (secondary N) is 2. The Hall–Kier alpha value is -0.770. The van der Waals surface area contributed by atoms with E-state index >= 15 is 0 Å². The number of ether oxygens (including phenoxy) is 1. The topological polar surface area (TPSA) is 45.6 Å². The first-order chi connectivity index (χ1) is 8.90. The summed E-state index contributed by atoms with van der Waals surface area (Å²) < 4.78 is 5.92. The molecule has 0 saturated heterocycles. The summed E-state index contributed by atoms with van der Waals surface area (Å²) in [6, 6.07) is 0. The predicted molar refractivity (Wildman–Crippen MR) is 74.9 cm³/mol. The Labute approximate surface area is 111 Å². The van der Waals surface area contributed by atoms with Crippen LogP contribution < -0.4 is 10.6 Å². The molecule has 2 rings (SSSR count). The molecule has 1 atom stereocenters. The number of nitrogens with zero attached hydrogens (tertiary/aromatic N) is 1. The molecule has 0 aromatic rings. The Bertz CT molecular complexity index is 262. The van der Waals surface area contributed by atoms with Crippen molar-refractivity contribution in [3.05, 3.63) is 0 Å². The van der Waals surface area contributed by atoms with Crippen LogP contribution in [0.25, 0.3) is 0 Å². The summed E-state index contributed by atoms with van der Waals surface area (Å²) in [5.74, 6) is 1.76. The third kappa shape index (κ3) is 4.16. The largest absolute Gasteiger partial charge is 0.378 e. The summed E-state index contributed by atoms with van der Waals surface area (Å²) in [6.07, 6.45) is 8.15. The zero-order chi connectivity index (χ0) is 12.6. The Balaban J connectivity index is 1.69. The average molecular weight is 253 g/mol. The van der Waals surface area contributed by atoms with Gasteiger partial charge in [0.1, 0.15) is 0 Å². The van der Waals surface area contributed by atoms with Crippen molar-refractivity contribution in [2.75, 3.05) is 26.2 Å². The van der Waals surface area contributed by atoms with Gasteiger partial charge in [-0.25, -0.2) is 0 Å². The van der Waals surface area contributed by atoms with Crippen LogP contribution in [0.5, 0.6) is 0 Å². The number of hydrogen-bond donors (Lipinski definition) is 2. The van der Waals surface area contributed by atoms with Crippen LogP contribution in [-0.4, -0.2) is 38.3 Å². The summed E-state index contributed by atoms with van der Waals surface area (Å²) in [4.78, 5) is 4.42. The number of guanidine groups is 1. The molecule has 1 aliphatic carbocycles. The van der Waals surface area contributed by atoms with Gasteiger partial charge in [0.15, 0.2) is 5.96 Å². The van der Waals surface area contributed by atoms with Crippen LogP contribution >= 0.6 is 0 Å². The van der Waals surface area contributed by atoms with E-state index in [2.05, 4.69) is 22.5 Å². The van der Waals surface area contributed by atoms with E-state index in [-0.39, 0.29) is 0 Å². The molecule has 0 aromatic carbocycles. The van der Waals surface area contributed by atoms with Crippen LogP contribution in [0.2, 0.25) is 0 Å². The first kappa shape index (κ1) is 13.7. The van der Waals surface area contributed by atoms with E-state index in [4.69, 9.17) is 4.74 Å². The molecule has 0 amide bonds. The van der Waals surface area contributed by atoms with Gasteiger partial charge in [-0.2, -0.15) is 0 Å². The number of hydrogen-bond acceptors (Lipinski definition) is 4. The molecule has 0 bridgehead atoms. The van der Waals surface area contributed by atoms with Gasteiger partial charge in [0, 0.05) is 26.2 Å². The normalized spacial score (nSPS) is 22.4. The van der Waals surface area contributed by atoms with Gasteiger partial charge in [-0.05, 0) is 38.5 Å². The highest BCUT2D eigenvalue weighted by atomic mass is 16.5. The second-order valence-electron chi connectivity index (χ2n) is 5.26. The molecule has 1 saturated carbocycles. The third-order valence-corrected chi connectivity index (χ3v) is 3.92. The van der Waals surface area contributed by atoms with Crippen LogP contribution in [0.4, 0.5) is 0 Å². The smallest absolute Gasteiger partial charge is 0.191 e. The molecular weight excluding hydrogens is 226 g/mol. The standard InChI is InChI=1S/C14H27N3O/c1-2-18-13(12-6-3-4-7-12)8-11-17-14-15-9-5-10-16-14/h12-13H,2-11H2,1H3,(H2,15,16,17). The number of rotatable bonds is 6. The summed E-state index contributed by atoms with van der Waals surface area (Å²) in [7, 11) is 0. The molecule has 0 radical (unpaired) electrons. The molecule has 0 spiro atoms. The first-order valence-electron chi connectivity index (χ1n) is 7.54. The molecule has 104 valence electrons. The van der Waals surface area contributed by atoms with E-state index in [1.807, 2.05) is 0 Å². The van der Waals surface area contributed by atoms with Crippen molar-refractivity contribution in [1.29, 1.82) is 0 Å². The van der Waals surface area contributed by atoms with Gasteiger partial charge in [0.05, 0.1) is 6.10 Å². The minimum absolute atomic E-state index is 0.439. The minimum Gasteiger partial charge on any atom is -0.378 e. The van der Waals surface area contributed by atoms with Gasteiger partial charge < -0.3 is 15.4 Å². The Kier molecular flexibility index (Phi) is 5.78. The molecule has 1 aliphatic heterocycles. The molecule has 1 heterocycles. The highest BCUT2D eigenvalue weighted by Gasteiger charge is 2.25. The van der Waals surface area contributed by atoms with E-state index in [1.54, 1.807) is 0 Å². The summed E-state index contributed by atoms with van der Waals surface area (Å²) >= 11 is 0. The maximum Gasteiger partial charge on any atom is 0.191 e. The average Bonchev–Trinajstić information content (AvgIpc) is 2.93. The molecule has 2 N–H and O–H groups in total. The number of aliphatic imine (C=N–C) groups is 1. The van der Waals surface area contributed by atoms with Gasteiger partial charge in [-0.15, -0.1) is 0 Å². The zero-order valence-corrected chi connectivity index (χ0v) is 11.6. The van der Waals surface area contributed by atoms with E-state index in [0.29, 0.717) is 6.10 Å². The van der Waals surface area contributed by atoms with Crippen molar-refractivity contribution in [3.8, 4) is 0 Å². The molecule has 18 heavy (non-hydrogen) atoms. The summed E-state index contributed by atoms with van der Waals surface area (Å²) in [6.45, 7) is 5.89. The molecule has 4 heteroatoms. The van der Waals surface area contributed by atoms with Crippen LogP contribution in [0.3, 0.4) is 0 Å². The van der Waals surface area contributed by atoms with Gasteiger partial charge in [-0.3, -0.25) is 4.99 Å². The monoisotopic (exact) mass is 253 g/mol. The highest BCUT2D eigenvalue weighted by molar-refractivity contribution is 5.80. The third-order valence-electron chi connectivity index (χ3n) is 3.92. The van der Waals surface area contributed by atoms with Crippen molar-refractivity contribution >= 4 is 5.96 Å². The van der Waals surface area contributed by atoms with E-state index < -0.39 is 0 Å². The lowest BCUT2D eigenvalue weighted by Gasteiger charge is -2.24. The predicted octanol–water partition coefficient (Wildman–Crippen LogP) is 1.91. The van der Waals surface area contributed by atoms with Crippen molar-refractivity contribution in [1.82, 2.24) is 10.6 Å². The van der Waals surface area contributed by atoms with Gasteiger partial charge in [-0.1, -0.05) is 12.8 Å². The van der Waals surface area contributed by atoms with Crippen LogP contribution in [0.1, 0.15) is 45.4 Å². The van der Waals surface area contributed by atoms with Crippen LogP contribution in [-0.2, 0) is 4.74 Å². The quantitative estimate of drug-likeness (QED) is 0.760.